The standard InChI is InChI=1S/C6H9N3O/c10-4-5-7-6-2-1-3-9(6)8-5/h10H,1-4H2. The van der Waals surface area contributed by atoms with Crippen molar-refractivity contribution in [1.82, 2.24) is 14.8 Å². The number of fused-ring (bicyclic) bond motifs is 1. The van der Waals surface area contributed by atoms with Crippen molar-refractivity contribution in [3.8, 4) is 0 Å². The van der Waals surface area contributed by atoms with E-state index in [2.05, 4.69) is 10.1 Å². The average molecular weight is 139 g/mol. The van der Waals surface area contributed by atoms with Crippen LogP contribution < -0.4 is 0 Å². The summed E-state index contributed by atoms with van der Waals surface area (Å²) in [5, 5.41) is 12.7. The van der Waals surface area contributed by atoms with Crippen molar-refractivity contribution in [2.75, 3.05) is 0 Å². The fourth-order valence-corrected chi connectivity index (χ4v) is 1.24. The molecule has 10 heavy (non-hydrogen) atoms. The Morgan fingerprint density at radius 3 is 3.20 bits per heavy atom. The van der Waals surface area contributed by atoms with Gasteiger partial charge < -0.3 is 5.11 Å². The molecule has 4 nitrogen and oxygen atoms in total. The molecular formula is C6H9N3O. The van der Waals surface area contributed by atoms with Crippen LogP contribution in [0.5, 0.6) is 0 Å². The zero-order valence-corrected chi connectivity index (χ0v) is 5.62. The molecule has 0 aromatic carbocycles. The van der Waals surface area contributed by atoms with Crippen LogP contribution in [0.15, 0.2) is 0 Å². The van der Waals surface area contributed by atoms with E-state index in [1.54, 1.807) is 0 Å². The van der Waals surface area contributed by atoms with Crippen molar-refractivity contribution in [3.63, 3.8) is 0 Å². The molecule has 0 unspecified atom stereocenters. The molecule has 0 atom stereocenters. The summed E-state index contributed by atoms with van der Waals surface area (Å²) < 4.78 is 1.87. The average Bonchev–Trinajstić information content (AvgIpc) is 2.42. The monoisotopic (exact) mass is 139 g/mol. The summed E-state index contributed by atoms with van der Waals surface area (Å²) in [4.78, 5) is 4.11. The maximum absolute atomic E-state index is 8.66. The minimum absolute atomic E-state index is 0.0417. The van der Waals surface area contributed by atoms with Crippen LogP contribution in [0.4, 0.5) is 0 Å². The molecule has 1 aliphatic rings. The first kappa shape index (κ1) is 5.85. The molecule has 1 aromatic rings. The Hall–Kier alpha value is -0.900. The summed E-state index contributed by atoms with van der Waals surface area (Å²) in [5.41, 5.74) is 0. The predicted molar refractivity (Wildman–Crippen MR) is 34.3 cm³/mol. The van der Waals surface area contributed by atoms with Gasteiger partial charge in [0.1, 0.15) is 12.4 Å². The van der Waals surface area contributed by atoms with Crippen molar-refractivity contribution in [2.24, 2.45) is 0 Å². The lowest BCUT2D eigenvalue weighted by Crippen LogP contribution is -1.95. The van der Waals surface area contributed by atoms with Crippen molar-refractivity contribution < 1.29 is 5.11 Å². The summed E-state index contributed by atoms with van der Waals surface area (Å²) in [7, 11) is 0. The first-order chi connectivity index (χ1) is 4.90. The molecule has 54 valence electrons. The maximum atomic E-state index is 8.66. The third-order valence-electron chi connectivity index (χ3n) is 1.70. The lowest BCUT2D eigenvalue weighted by Gasteiger charge is -1.87. The van der Waals surface area contributed by atoms with E-state index in [1.165, 1.54) is 0 Å². The largest absolute Gasteiger partial charge is 0.388 e. The Morgan fingerprint density at radius 1 is 1.60 bits per heavy atom. The van der Waals surface area contributed by atoms with E-state index >= 15 is 0 Å². The smallest absolute Gasteiger partial charge is 0.176 e. The fourth-order valence-electron chi connectivity index (χ4n) is 1.24. The normalized spacial score (nSPS) is 15.7. The van der Waals surface area contributed by atoms with Crippen LogP contribution in [0.3, 0.4) is 0 Å². The highest BCUT2D eigenvalue weighted by atomic mass is 16.3. The number of hydrogen-bond acceptors (Lipinski definition) is 3. The van der Waals surface area contributed by atoms with E-state index in [9.17, 15) is 0 Å². The molecule has 0 saturated heterocycles. The third-order valence-corrected chi connectivity index (χ3v) is 1.70. The minimum Gasteiger partial charge on any atom is -0.388 e. The molecule has 0 saturated carbocycles. The predicted octanol–water partition coefficient (Wildman–Crippen LogP) is -0.283. The molecule has 1 N–H and O–H groups in total. The minimum atomic E-state index is -0.0417. The Labute approximate surface area is 58.5 Å². The highest BCUT2D eigenvalue weighted by Crippen LogP contribution is 2.10. The fraction of sp³-hybridized carbons (Fsp3) is 0.667. The van der Waals surface area contributed by atoms with E-state index in [1.807, 2.05) is 4.68 Å². The number of aliphatic hydroxyl groups is 1. The summed E-state index contributed by atoms with van der Waals surface area (Å²) in [6.45, 7) is 0.919. The molecule has 2 heterocycles. The molecular weight excluding hydrogens is 130 g/mol. The van der Waals surface area contributed by atoms with Crippen LogP contribution in [0.2, 0.25) is 0 Å². The molecule has 0 radical (unpaired) electrons. The molecule has 1 aromatic heterocycles. The Morgan fingerprint density at radius 2 is 2.50 bits per heavy atom. The van der Waals surface area contributed by atoms with Crippen LogP contribution >= 0.6 is 0 Å². The maximum Gasteiger partial charge on any atom is 0.176 e. The summed E-state index contributed by atoms with van der Waals surface area (Å²) in [6.07, 6.45) is 2.15. The summed E-state index contributed by atoms with van der Waals surface area (Å²) in [6, 6.07) is 0. The molecule has 0 aliphatic carbocycles. The number of aliphatic hydroxyl groups excluding tert-OH is 1. The van der Waals surface area contributed by atoms with Gasteiger partial charge in [0.25, 0.3) is 0 Å². The van der Waals surface area contributed by atoms with E-state index in [4.69, 9.17) is 5.11 Å². The van der Waals surface area contributed by atoms with Gasteiger partial charge in [-0.3, -0.25) is 0 Å². The van der Waals surface area contributed by atoms with E-state index in [-0.39, 0.29) is 6.61 Å². The van der Waals surface area contributed by atoms with Crippen LogP contribution in [0, 0.1) is 0 Å². The van der Waals surface area contributed by atoms with Crippen LogP contribution in [0.1, 0.15) is 18.1 Å². The van der Waals surface area contributed by atoms with Crippen LogP contribution in [0.25, 0.3) is 0 Å². The molecule has 4 heteroatoms. The Bertz CT molecular complexity index is 222. The van der Waals surface area contributed by atoms with Gasteiger partial charge in [-0.2, -0.15) is 5.10 Å². The van der Waals surface area contributed by atoms with Crippen LogP contribution in [-0.4, -0.2) is 19.9 Å². The zero-order valence-electron chi connectivity index (χ0n) is 5.62. The quantitative estimate of drug-likeness (QED) is 0.582. The first-order valence-electron chi connectivity index (χ1n) is 3.43. The van der Waals surface area contributed by atoms with Crippen molar-refractivity contribution in [1.29, 1.82) is 0 Å². The number of hydrogen-bond donors (Lipinski definition) is 1. The number of nitrogens with zero attached hydrogens (tertiary/aromatic N) is 3. The summed E-state index contributed by atoms with van der Waals surface area (Å²) in [5.74, 6) is 1.57. The van der Waals surface area contributed by atoms with Crippen molar-refractivity contribution in [2.45, 2.75) is 26.0 Å². The van der Waals surface area contributed by atoms with Crippen molar-refractivity contribution >= 4 is 0 Å². The van der Waals surface area contributed by atoms with Gasteiger partial charge in [0.2, 0.25) is 0 Å². The third kappa shape index (κ3) is 0.724. The Balaban J connectivity index is 2.37. The molecule has 2 rings (SSSR count). The summed E-state index contributed by atoms with van der Waals surface area (Å²) >= 11 is 0. The molecule has 0 bridgehead atoms. The highest BCUT2D eigenvalue weighted by molar-refractivity contribution is 4.95. The van der Waals surface area contributed by atoms with Crippen LogP contribution in [-0.2, 0) is 19.6 Å². The second kappa shape index (κ2) is 2.05. The highest BCUT2D eigenvalue weighted by Gasteiger charge is 2.13. The number of rotatable bonds is 1. The van der Waals surface area contributed by atoms with Gasteiger partial charge in [-0.15, -0.1) is 0 Å². The first-order valence-corrected chi connectivity index (χ1v) is 3.43. The van der Waals surface area contributed by atoms with Gasteiger partial charge in [-0.05, 0) is 6.42 Å². The molecule has 0 spiro atoms. The zero-order chi connectivity index (χ0) is 6.97. The lowest BCUT2D eigenvalue weighted by molar-refractivity contribution is 0.270. The van der Waals surface area contributed by atoms with Gasteiger partial charge in [0.15, 0.2) is 5.82 Å². The van der Waals surface area contributed by atoms with Gasteiger partial charge in [0, 0.05) is 13.0 Å². The Kier molecular flexibility index (Phi) is 1.20. The van der Waals surface area contributed by atoms with Gasteiger partial charge >= 0.3 is 0 Å². The van der Waals surface area contributed by atoms with Gasteiger partial charge in [-0.1, -0.05) is 0 Å². The topological polar surface area (TPSA) is 50.9 Å². The number of aryl methyl sites for hydroxylation is 2. The SMILES string of the molecule is OCc1nc2n(n1)CCC2. The number of aromatic nitrogens is 3. The van der Waals surface area contributed by atoms with E-state index < -0.39 is 0 Å². The van der Waals surface area contributed by atoms with E-state index in [0.717, 1.165) is 25.2 Å². The molecule has 0 fully saturated rings. The van der Waals surface area contributed by atoms with Gasteiger partial charge in [-0.25, -0.2) is 9.67 Å². The second-order valence-corrected chi connectivity index (χ2v) is 2.43. The van der Waals surface area contributed by atoms with Crippen molar-refractivity contribution in [3.05, 3.63) is 11.6 Å². The lowest BCUT2D eigenvalue weighted by atomic mass is 10.4. The molecule has 1 aliphatic heterocycles. The second-order valence-electron chi connectivity index (χ2n) is 2.43. The molecule has 0 amide bonds. The van der Waals surface area contributed by atoms with Gasteiger partial charge in [0.05, 0.1) is 0 Å². The van der Waals surface area contributed by atoms with E-state index in [0.29, 0.717) is 5.82 Å².